The summed E-state index contributed by atoms with van der Waals surface area (Å²) in [5.41, 5.74) is 4.88. The normalized spacial score (nSPS) is 11.2. The number of hydrogen-bond acceptors (Lipinski definition) is 7. The van der Waals surface area contributed by atoms with Gasteiger partial charge in [-0.3, -0.25) is 9.59 Å². The average Bonchev–Trinajstić information content (AvgIpc) is 3.08. The van der Waals surface area contributed by atoms with Crippen molar-refractivity contribution in [1.82, 2.24) is 9.66 Å². The summed E-state index contributed by atoms with van der Waals surface area (Å²) in [5.74, 6) is 1.80. The van der Waals surface area contributed by atoms with Crippen LogP contribution in [0.5, 0.6) is 17.2 Å². The van der Waals surface area contributed by atoms with Crippen LogP contribution in [0.15, 0.2) is 95.3 Å². The molecule has 246 valence electrons. The molecule has 0 aliphatic heterocycles. The number of halogens is 1. The molecule has 1 heterocycles. The van der Waals surface area contributed by atoms with E-state index in [1.807, 2.05) is 37.3 Å². The van der Waals surface area contributed by atoms with Gasteiger partial charge in [-0.15, -0.1) is 6.58 Å². The van der Waals surface area contributed by atoms with E-state index in [4.69, 9.17) is 30.8 Å². The first-order valence-corrected chi connectivity index (χ1v) is 15.8. The number of amides is 1. The molecule has 1 N–H and O–H groups in total. The molecule has 0 spiro atoms. The number of methoxy groups -OCH3 is 2. The Balaban J connectivity index is 1.54. The van der Waals surface area contributed by atoms with Crippen LogP contribution in [0.2, 0.25) is 5.02 Å². The Morgan fingerprint density at radius 2 is 1.77 bits per heavy atom. The number of nitrogens with zero attached hydrogens (tertiary/aromatic N) is 3. The zero-order chi connectivity index (χ0) is 34.4. The molecule has 0 fully saturated rings. The van der Waals surface area contributed by atoms with Gasteiger partial charge in [0, 0.05) is 21.8 Å². The number of carbonyl (C=O) groups is 1. The number of nitrogens with one attached hydrogen (secondary N) is 1. The number of allylic oxidation sites excluding steroid dienone is 1. The Hall–Kier alpha value is -5.41. The minimum atomic E-state index is -0.347. The molecule has 0 saturated heterocycles. The Labute approximate surface area is 284 Å². The number of aryl methyl sites for hydroxylation is 1. The van der Waals surface area contributed by atoms with Crippen LogP contribution in [0.4, 0.5) is 5.69 Å². The summed E-state index contributed by atoms with van der Waals surface area (Å²) in [6, 6.07) is 21.6. The highest BCUT2D eigenvalue weighted by atomic mass is 35.5. The molecule has 5 aromatic rings. The van der Waals surface area contributed by atoms with Crippen LogP contribution in [-0.2, 0) is 11.2 Å². The number of anilines is 1. The lowest BCUT2D eigenvalue weighted by atomic mass is 9.96. The molecule has 0 bridgehead atoms. The fourth-order valence-electron chi connectivity index (χ4n) is 5.35. The van der Waals surface area contributed by atoms with Crippen molar-refractivity contribution in [3.05, 3.63) is 123 Å². The summed E-state index contributed by atoms with van der Waals surface area (Å²) in [6.07, 6.45) is 3.73. The predicted octanol–water partition coefficient (Wildman–Crippen LogP) is 7.79. The maximum absolute atomic E-state index is 13.9. The fraction of sp³-hybridized carbons (Fsp3) is 0.211. The molecule has 0 aliphatic rings. The highest BCUT2D eigenvalue weighted by molar-refractivity contribution is 6.30. The largest absolute Gasteiger partial charge is 0.496 e. The van der Waals surface area contributed by atoms with Crippen molar-refractivity contribution >= 4 is 40.3 Å². The number of carbonyl (C=O) groups excluding carboxylic acids is 1. The molecule has 48 heavy (non-hydrogen) atoms. The van der Waals surface area contributed by atoms with Gasteiger partial charge in [-0.1, -0.05) is 43.7 Å². The predicted molar refractivity (Wildman–Crippen MR) is 192 cm³/mol. The summed E-state index contributed by atoms with van der Waals surface area (Å²) in [4.78, 5) is 31.5. The van der Waals surface area contributed by atoms with Gasteiger partial charge in [-0.2, -0.15) is 9.78 Å². The molecule has 9 nitrogen and oxygen atoms in total. The molecule has 0 unspecified atom stereocenters. The number of hydrogen-bond donors (Lipinski definition) is 1. The highest BCUT2D eigenvalue weighted by Crippen LogP contribution is 2.35. The maximum atomic E-state index is 13.9. The van der Waals surface area contributed by atoms with Crippen molar-refractivity contribution in [2.24, 2.45) is 5.10 Å². The van der Waals surface area contributed by atoms with Crippen molar-refractivity contribution in [2.75, 3.05) is 26.1 Å². The summed E-state index contributed by atoms with van der Waals surface area (Å²) in [5, 5.41) is 8.48. The van der Waals surface area contributed by atoms with E-state index in [0.717, 1.165) is 28.0 Å². The monoisotopic (exact) mass is 664 g/mol. The number of benzene rings is 4. The van der Waals surface area contributed by atoms with Crippen molar-refractivity contribution in [1.29, 1.82) is 0 Å². The highest BCUT2D eigenvalue weighted by Gasteiger charge is 2.19. The van der Waals surface area contributed by atoms with Crippen molar-refractivity contribution in [3.63, 3.8) is 0 Å². The van der Waals surface area contributed by atoms with Crippen molar-refractivity contribution in [3.8, 4) is 28.6 Å². The second-order valence-electron chi connectivity index (χ2n) is 11.4. The van der Waals surface area contributed by atoms with Gasteiger partial charge in [0.2, 0.25) is 0 Å². The third-order valence-electron chi connectivity index (χ3n) is 7.73. The Bertz CT molecular complexity index is 2070. The van der Waals surface area contributed by atoms with E-state index in [-0.39, 0.29) is 24.0 Å². The van der Waals surface area contributed by atoms with E-state index in [1.165, 1.54) is 11.8 Å². The summed E-state index contributed by atoms with van der Waals surface area (Å²) in [7, 11) is 3.17. The van der Waals surface area contributed by atoms with Crippen LogP contribution < -0.4 is 25.1 Å². The van der Waals surface area contributed by atoms with Gasteiger partial charge in [-0.05, 0) is 96.6 Å². The number of aromatic nitrogens is 2. The lowest BCUT2D eigenvalue weighted by Crippen LogP contribution is -2.21. The zero-order valence-electron chi connectivity index (χ0n) is 27.5. The lowest BCUT2D eigenvalue weighted by Gasteiger charge is -2.17. The second-order valence-corrected chi connectivity index (χ2v) is 11.9. The summed E-state index contributed by atoms with van der Waals surface area (Å²) >= 11 is 5.95. The summed E-state index contributed by atoms with van der Waals surface area (Å²) < 4.78 is 18.6. The van der Waals surface area contributed by atoms with E-state index in [1.54, 1.807) is 61.9 Å². The first-order valence-electron chi connectivity index (χ1n) is 15.4. The van der Waals surface area contributed by atoms with Gasteiger partial charge >= 0.3 is 0 Å². The number of para-hydroxylation sites is 1. The number of fused-ring (bicyclic) bond motifs is 1. The number of rotatable bonds is 12. The van der Waals surface area contributed by atoms with E-state index in [9.17, 15) is 9.59 Å². The smallest absolute Gasteiger partial charge is 0.282 e. The van der Waals surface area contributed by atoms with Gasteiger partial charge in [0.15, 0.2) is 23.9 Å². The first kappa shape index (κ1) is 33.9. The first-order chi connectivity index (χ1) is 23.1. The van der Waals surface area contributed by atoms with Crippen LogP contribution in [0.25, 0.3) is 22.3 Å². The third-order valence-corrected chi connectivity index (χ3v) is 7.98. The Morgan fingerprint density at radius 1 is 1.04 bits per heavy atom. The molecule has 0 atom stereocenters. The molecule has 4 aromatic carbocycles. The molecular weight excluding hydrogens is 628 g/mol. The molecule has 0 saturated carbocycles. The lowest BCUT2D eigenvalue weighted by molar-refractivity contribution is -0.118. The van der Waals surface area contributed by atoms with E-state index >= 15 is 0 Å². The van der Waals surface area contributed by atoms with Gasteiger partial charge in [0.05, 0.1) is 31.3 Å². The Kier molecular flexibility index (Phi) is 10.6. The molecule has 0 radical (unpaired) electrons. The maximum Gasteiger partial charge on any atom is 0.282 e. The Morgan fingerprint density at radius 3 is 2.46 bits per heavy atom. The molecular formula is C38H37ClN4O5. The van der Waals surface area contributed by atoms with E-state index in [0.29, 0.717) is 50.9 Å². The second kappa shape index (κ2) is 15.0. The molecule has 0 aliphatic carbocycles. The summed E-state index contributed by atoms with van der Waals surface area (Å²) in [6.45, 7) is 9.76. The van der Waals surface area contributed by atoms with Crippen LogP contribution in [0.1, 0.15) is 42.0 Å². The zero-order valence-corrected chi connectivity index (χ0v) is 28.3. The topological polar surface area (TPSA) is 104 Å². The van der Waals surface area contributed by atoms with E-state index < -0.39 is 0 Å². The van der Waals surface area contributed by atoms with Crippen LogP contribution in [0, 0.1) is 6.92 Å². The van der Waals surface area contributed by atoms with Crippen LogP contribution >= 0.6 is 11.6 Å². The van der Waals surface area contributed by atoms with Crippen LogP contribution in [0.3, 0.4) is 0 Å². The molecule has 1 aromatic heterocycles. The fourth-order valence-corrected chi connectivity index (χ4v) is 5.47. The van der Waals surface area contributed by atoms with Crippen LogP contribution in [-0.4, -0.2) is 42.6 Å². The molecule has 5 rings (SSSR count). The average molecular weight is 665 g/mol. The third kappa shape index (κ3) is 7.42. The van der Waals surface area contributed by atoms with Gasteiger partial charge in [0.25, 0.3) is 11.5 Å². The minimum absolute atomic E-state index is 0.170. The molecule has 1 amide bonds. The minimum Gasteiger partial charge on any atom is -0.496 e. The number of ether oxygens (including phenoxy) is 3. The molecule has 10 heteroatoms. The van der Waals surface area contributed by atoms with Crippen molar-refractivity contribution in [2.45, 2.75) is 33.1 Å². The van der Waals surface area contributed by atoms with Gasteiger partial charge in [-0.25, -0.2) is 4.98 Å². The van der Waals surface area contributed by atoms with E-state index in [2.05, 4.69) is 30.8 Å². The standard InChI is InChI=1S/C38H37ClN4O5/c1-7-10-26-18-25(19-34(47-6)36(26)48-22-35(44)41-28-15-13-27(39)14-16-28)21-40-43-37(42-32-12-9-8-11-29(32)38(43)45)31-20-30(23(2)3)33(46-5)17-24(31)4/h7-9,11-21,23H,1,10,22H2,2-6H3,(H,41,44). The van der Waals surface area contributed by atoms with Crippen molar-refractivity contribution < 1.29 is 19.0 Å². The quantitative estimate of drug-likeness (QED) is 0.108. The van der Waals surface area contributed by atoms with Gasteiger partial charge < -0.3 is 19.5 Å². The van der Waals surface area contributed by atoms with Gasteiger partial charge in [0.1, 0.15) is 5.75 Å². The SMILES string of the molecule is C=CCc1cc(C=Nn2c(-c3cc(C(C)C)c(OC)cc3C)nc3ccccc3c2=O)cc(OC)c1OCC(=O)Nc1ccc(Cl)cc1.